The molecule has 1 N–H and O–H groups in total. The molecular formula is C12H21NO2. The van der Waals surface area contributed by atoms with Gasteiger partial charge in [0.1, 0.15) is 0 Å². The first-order valence-electron chi connectivity index (χ1n) is 5.84. The molecule has 3 heteroatoms. The van der Waals surface area contributed by atoms with Gasteiger partial charge < -0.3 is 5.11 Å². The zero-order valence-electron chi connectivity index (χ0n) is 9.48. The summed E-state index contributed by atoms with van der Waals surface area (Å²) in [5.41, 5.74) is 0. The maximum Gasteiger partial charge on any atom is 0.328 e. The summed E-state index contributed by atoms with van der Waals surface area (Å²) in [7, 11) is 0. The molecule has 0 radical (unpaired) electrons. The van der Waals surface area contributed by atoms with Gasteiger partial charge in [0.15, 0.2) is 0 Å². The van der Waals surface area contributed by atoms with E-state index in [0.717, 1.165) is 25.6 Å². The van der Waals surface area contributed by atoms with Gasteiger partial charge in [-0.3, -0.25) is 4.90 Å². The van der Waals surface area contributed by atoms with Gasteiger partial charge in [0.05, 0.1) is 0 Å². The van der Waals surface area contributed by atoms with Crippen LogP contribution in [0.4, 0.5) is 0 Å². The molecule has 1 fully saturated rings. The van der Waals surface area contributed by atoms with E-state index in [1.165, 1.54) is 31.8 Å². The van der Waals surface area contributed by atoms with Gasteiger partial charge in [0.25, 0.3) is 0 Å². The number of rotatable bonds is 5. The first kappa shape index (κ1) is 12.2. The predicted molar refractivity (Wildman–Crippen MR) is 60.8 cm³/mol. The first-order chi connectivity index (χ1) is 7.22. The first-order valence-corrected chi connectivity index (χ1v) is 5.84. The summed E-state index contributed by atoms with van der Waals surface area (Å²) in [5.74, 6) is 0.0468. The second-order valence-corrected chi connectivity index (χ2v) is 4.27. The van der Waals surface area contributed by atoms with Gasteiger partial charge >= 0.3 is 5.97 Å². The fraction of sp³-hybridized carbons (Fsp3) is 0.750. The van der Waals surface area contributed by atoms with E-state index in [-0.39, 0.29) is 0 Å². The maximum absolute atomic E-state index is 10.3. The zero-order valence-corrected chi connectivity index (χ0v) is 9.48. The average molecular weight is 211 g/mol. The Balaban J connectivity index is 2.17. The molecule has 1 aliphatic rings. The monoisotopic (exact) mass is 211 g/mol. The molecule has 3 nitrogen and oxygen atoms in total. The van der Waals surface area contributed by atoms with Crippen molar-refractivity contribution in [2.75, 3.05) is 19.6 Å². The van der Waals surface area contributed by atoms with Crippen molar-refractivity contribution in [1.82, 2.24) is 4.90 Å². The van der Waals surface area contributed by atoms with Crippen LogP contribution in [-0.2, 0) is 4.79 Å². The molecule has 0 saturated carbocycles. The minimum Gasteiger partial charge on any atom is -0.478 e. The van der Waals surface area contributed by atoms with Crippen molar-refractivity contribution in [3.8, 4) is 0 Å². The van der Waals surface area contributed by atoms with Crippen LogP contribution in [0.2, 0.25) is 0 Å². The highest BCUT2D eigenvalue weighted by Crippen LogP contribution is 2.21. The van der Waals surface area contributed by atoms with Gasteiger partial charge in [0, 0.05) is 12.6 Å². The van der Waals surface area contributed by atoms with Crippen molar-refractivity contribution in [3.63, 3.8) is 0 Å². The summed E-state index contributed by atoms with van der Waals surface area (Å²) in [6.45, 7) is 5.26. The highest BCUT2D eigenvalue weighted by atomic mass is 16.4. The molecule has 15 heavy (non-hydrogen) atoms. The van der Waals surface area contributed by atoms with Crippen LogP contribution in [0.3, 0.4) is 0 Å². The van der Waals surface area contributed by atoms with Gasteiger partial charge in [-0.2, -0.15) is 0 Å². The summed E-state index contributed by atoms with van der Waals surface area (Å²) in [6.07, 6.45) is 8.15. The van der Waals surface area contributed by atoms with Gasteiger partial charge in [-0.25, -0.2) is 4.79 Å². The van der Waals surface area contributed by atoms with Gasteiger partial charge in [-0.05, 0) is 31.8 Å². The molecule has 1 saturated heterocycles. The molecule has 0 bridgehead atoms. The third-order valence-electron chi connectivity index (χ3n) is 3.03. The van der Waals surface area contributed by atoms with Crippen LogP contribution in [0.5, 0.6) is 0 Å². The number of nitrogens with zero attached hydrogens (tertiary/aromatic N) is 1. The van der Waals surface area contributed by atoms with Crippen LogP contribution in [0.25, 0.3) is 0 Å². The largest absolute Gasteiger partial charge is 0.478 e. The van der Waals surface area contributed by atoms with E-state index in [2.05, 4.69) is 11.8 Å². The van der Waals surface area contributed by atoms with Crippen molar-refractivity contribution in [1.29, 1.82) is 0 Å². The molecule has 0 aromatic heterocycles. The number of hydrogen-bond acceptors (Lipinski definition) is 2. The summed E-state index contributed by atoms with van der Waals surface area (Å²) < 4.78 is 0. The van der Waals surface area contributed by atoms with Crippen molar-refractivity contribution >= 4 is 5.97 Å². The second kappa shape index (κ2) is 6.62. The zero-order chi connectivity index (χ0) is 11.1. The lowest BCUT2D eigenvalue weighted by Crippen LogP contribution is -2.33. The molecule has 1 heterocycles. The fourth-order valence-electron chi connectivity index (χ4n) is 2.17. The highest BCUT2D eigenvalue weighted by molar-refractivity contribution is 5.79. The Labute approximate surface area is 91.8 Å². The van der Waals surface area contributed by atoms with E-state index in [1.54, 1.807) is 6.08 Å². The van der Waals surface area contributed by atoms with Gasteiger partial charge in [-0.15, -0.1) is 0 Å². The fourth-order valence-corrected chi connectivity index (χ4v) is 2.17. The van der Waals surface area contributed by atoms with Crippen molar-refractivity contribution in [2.24, 2.45) is 5.92 Å². The lowest BCUT2D eigenvalue weighted by Gasteiger charge is -2.30. The van der Waals surface area contributed by atoms with E-state index < -0.39 is 5.97 Å². The molecule has 1 aliphatic heterocycles. The minimum absolute atomic E-state index is 0.783. The van der Waals surface area contributed by atoms with Crippen LogP contribution in [-0.4, -0.2) is 35.6 Å². The molecule has 0 aromatic rings. The Hall–Kier alpha value is -0.830. The Morgan fingerprint density at radius 2 is 2.13 bits per heavy atom. The average Bonchev–Trinajstić information content (AvgIpc) is 2.20. The third kappa shape index (κ3) is 4.98. The van der Waals surface area contributed by atoms with Crippen LogP contribution in [0.1, 0.15) is 32.6 Å². The lowest BCUT2D eigenvalue weighted by molar-refractivity contribution is -0.131. The molecular weight excluding hydrogens is 190 g/mol. The number of piperidine rings is 1. The van der Waals surface area contributed by atoms with E-state index in [9.17, 15) is 4.79 Å². The van der Waals surface area contributed by atoms with E-state index >= 15 is 0 Å². The van der Waals surface area contributed by atoms with Crippen LogP contribution in [0, 0.1) is 5.92 Å². The molecule has 0 aromatic carbocycles. The second-order valence-electron chi connectivity index (χ2n) is 4.27. The Bertz CT molecular complexity index is 218. The van der Waals surface area contributed by atoms with Crippen LogP contribution in [0.15, 0.2) is 12.2 Å². The molecule has 0 amide bonds. The summed E-state index contributed by atoms with van der Waals surface area (Å²) in [5, 5.41) is 8.45. The van der Waals surface area contributed by atoms with E-state index in [1.807, 2.05) is 0 Å². The molecule has 0 spiro atoms. The number of likely N-dealkylation sites (tertiary alicyclic amines) is 1. The predicted octanol–water partition coefficient (Wildman–Crippen LogP) is 2.14. The van der Waals surface area contributed by atoms with Crippen LogP contribution < -0.4 is 0 Å². The number of carbonyl (C=O) groups is 1. The normalized spacial score (nSPS) is 19.8. The quantitative estimate of drug-likeness (QED) is 0.708. The number of hydrogen-bond donors (Lipinski definition) is 1. The molecule has 0 unspecified atom stereocenters. The van der Waals surface area contributed by atoms with Crippen molar-refractivity contribution in [2.45, 2.75) is 32.6 Å². The number of carboxylic acids is 1. The third-order valence-corrected chi connectivity index (χ3v) is 3.03. The Morgan fingerprint density at radius 1 is 1.47 bits per heavy atom. The van der Waals surface area contributed by atoms with Crippen LogP contribution >= 0.6 is 0 Å². The van der Waals surface area contributed by atoms with E-state index in [4.69, 9.17) is 5.11 Å². The smallest absolute Gasteiger partial charge is 0.328 e. The number of carboxylic acid groups (broad SMARTS) is 1. The molecule has 1 rings (SSSR count). The molecule has 86 valence electrons. The minimum atomic E-state index is -0.851. The van der Waals surface area contributed by atoms with Crippen molar-refractivity contribution in [3.05, 3.63) is 12.2 Å². The summed E-state index contributed by atoms with van der Waals surface area (Å²) in [6, 6.07) is 0. The summed E-state index contributed by atoms with van der Waals surface area (Å²) >= 11 is 0. The van der Waals surface area contributed by atoms with Crippen molar-refractivity contribution < 1.29 is 9.90 Å². The SMILES string of the molecule is CCCC1CCN(CC=CC(=O)O)CC1. The standard InChI is InChI=1S/C12H21NO2/c1-2-4-11-6-9-13(10-7-11)8-3-5-12(14)15/h3,5,11H,2,4,6-10H2,1H3,(H,14,15). The topological polar surface area (TPSA) is 40.5 Å². The maximum atomic E-state index is 10.3. The molecule has 0 atom stereocenters. The highest BCUT2D eigenvalue weighted by Gasteiger charge is 2.17. The Morgan fingerprint density at radius 3 is 2.67 bits per heavy atom. The Kier molecular flexibility index (Phi) is 5.40. The molecule has 0 aliphatic carbocycles. The van der Waals surface area contributed by atoms with Gasteiger partial charge in [-0.1, -0.05) is 25.8 Å². The van der Waals surface area contributed by atoms with Gasteiger partial charge in [0.2, 0.25) is 0 Å². The number of aliphatic carboxylic acids is 1. The lowest BCUT2D eigenvalue weighted by atomic mass is 9.92. The van der Waals surface area contributed by atoms with E-state index in [0.29, 0.717) is 0 Å². The summed E-state index contributed by atoms with van der Waals surface area (Å²) in [4.78, 5) is 12.6.